The highest BCUT2D eigenvalue weighted by atomic mass is 16.2. The molecule has 1 atom stereocenters. The number of carbonyl (C=O) groups excluding carboxylic acids is 3. The highest BCUT2D eigenvalue weighted by Gasteiger charge is 2.33. The average Bonchev–Trinajstić information content (AvgIpc) is 2.62. The van der Waals surface area contributed by atoms with Gasteiger partial charge >= 0.3 is 12.1 Å². The molecule has 0 spiro atoms. The minimum Gasteiger partial charge on any atom is -0.322 e. The Balaban J connectivity index is 1.69. The minimum absolute atomic E-state index is 0.210. The summed E-state index contributed by atoms with van der Waals surface area (Å²) >= 11 is 0. The Morgan fingerprint density at radius 3 is 2.52 bits per heavy atom. The standard InChI is InChI=1S/C17H21N5O3/c1-17(19-15(24)21-10-7-18-8-11-21)6-9-22(16(25)20-17)14-4-2-13(12-23)3-5-14/h2-6,9,12,18H,7-8,10-11H2,1H3,(H,19,24)(H,20,25). The molecule has 0 saturated carbocycles. The lowest BCUT2D eigenvalue weighted by Crippen LogP contribution is -2.64. The summed E-state index contributed by atoms with van der Waals surface area (Å²) in [6, 6.07) is 6.10. The van der Waals surface area contributed by atoms with Crippen molar-refractivity contribution in [2.24, 2.45) is 0 Å². The normalized spacial score (nSPS) is 23.2. The zero-order valence-electron chi connectivity index (χ0n) is 14.0. The quantitative estimate of drug-likeness (QED) is 0.710. The lowest BCUT2D eigenvalue weighted by molar-refractivity contribution is 0.112. The fourth-order valence-corrected chi connectivity index (χ4v) is 2.77. The summed E-state index contributed by atoms with van der Waals surface area (Å²) in [5, 5.41) is 8.84. The van der Waals surface area contributed by atoms with Gasteiger partial charge in [0.15, 0.2) is 0 Å². The second-order valence-corrected chi connectivity index (χ2v) is 6.19. The van der Waals surface area contributed by atoms with E-state index in [-0.39, 0.29) is 12.1 Å². The summed E-state index contributed by atoms with van der Waals surface area (Å²) in [6.07, 6.45) is 4.09. The predicted octanol–water partition coefficient (Wildman–Crippen LogP) is 0.873. The molecule has 0 aromatic heterocycles. The van der Waals surface area contributed by atoms with Gasteiger partial charge in [0.2, 0.25) is 0 Å². The zero-order valence-corrected chi connectivity index (χ0v) is 14.0. The highest BCUT2D eigenvalue weighted by molar-refractivity contribution is 5.96. The highest BCUT2D eigenvalue weighted by Crippen LogP contribution is 2.20. The van der Waals surface area contributed by atoms with E-state index < -0.39 is 5.66 Å². The number of carbonyl (C=O) groups is 3. The molecule has 2 heterocycles. The molecule has 132 valence electrons. The third kappa shape index (κ3) is 3.80. The van der Waals surface area contributed by atoms with Crippen molar-refractivity contribution in [2.45, 2.75) is 12.6 Å². The van der Waals surface area contributed by atoms with Gasteiger partial charge in [0.25, 0.3) is 0 Å². The van der Waals surface area contributed by atoms with Crippen LogP contribution in [0.15, 0.2) is 36.5 Å². The van der Waals surface area contributed by atoms with Crippen LogP contribution in [0.2, 0.25) is 0 Å². The van der Waals surface area contributed by atoms with Crippen molar-refractivity contribution in [3.63, 3.8) is 0 Å². The van der Waals surface area contributed by atoms with Crippen molar-refractivity contribution in [3.8, 4) is 0 Å². The topological polar surface area (TPSA) is 93.8 Å². The van der Waals surface area contributed by atoms with Crippen LogP contribution in [0.4, 0.5) is 15.3 Å². The van der Waals surface area contributed by atoms with Crippen LogP contribution in [-0.4, -0.2) is 55.1 Å². The number of aldehydes is 1. The lowest BCUT2D eigenvalue weighted by atomic mass is 10.1. The molecule has 0 radical (unpaired) electrons. The van der Waals surface area contributed by atoms with Crippen molar-refractivity contribution in [2.75, 3.05) is 31.1 Å². The maximum Gasteiger partial charge on any atom is 0.328 e. The SMILES string of the molecule is CC1(NC(=O)N2CCNCC2)C=CN(c2ccc(C=O)cc2)C(=O)N1. The molecule has 1 fully saturated rings. The van der Waals surface area contributed by atoms with E-state index in [0.29, 0.717) is 24.3 Å². The van der Waals surface area contributed by atoms with Gasteiger partial charge in [-0.1, -0.05) is 0 Å². The summed E-state index contributed by atoms with van der Waals surface area (Å²) < 4.78 is 0. The Morgan fingerprint density at radius 2 is 1.92 bits per heavy atom. The molecule has 3 rings (SSSR count). The first kappa shape index (κ1) is 17.0. The van der Waals surface area contributed by atoms with Gasteiger partial charge in [-0.2, -0.15) is 0 Å². The van der Waals surface area contributed by atoms with Gasteiger partial charge in [-0.15, -0.1) is 0 Å². The van der Waals surface area contributed by atoms with Crippen LogP contribution in [0.1, 0.15) is 17.3 Å². The Morgan fingerprint density at radius 1 is 1.24 bits per heavy atom. The van der Waals surface area contributed by atoms with Gasteiger partial charge in [-0.3, -0.25) is 9.69 Å². The molecule has 1 unspecified atom stereocenters. The van der Waals surface area contributed by atoms with Gasteiger partial charge in [-0.25, -0.2) is 9.59 Å². The summed E-state index contributed by atoms with van der Waals surface area (Å²) in [5.41, 5.74) is 0.214. The van der Waals surface area contributed by atoms with Crippen molar-refractivity contribution in [1.82, 2.24) is 20.9 Å². The zero-order chi connectivity index (χ0) is 17.9. The van der Waals surface area contributed by atoms with Crippen LogP contribution >= 0.6 is 0 Å². The van der Waals surface area contributed by atoms with Gasteiger partial charge in [0, 0.05) is 37.9 Å². The summed E-state index contributed by atoms with van der Waals surface area (Å²) in [4.78, 5) is 38.7. The van der Waals surface area contributed by atoms with Crippen molar-refractivity contribution in [1.29, 1.82) is 0 Å². The molecule has 1 aromatic carbocycles. The van der Waals surface area contributed by atoms with E-state index in [1.807, 2.05) is 0 Å². The fourth-order valence-electron chi connectivity index (χ4n) is 2.77. The number of nitrogens with zero attached hydrogens (tertiary/aromatic N) is 2. The number of hydrogen-bond acceptors (Lipinski definition) is 4. The number of urea groups is 2. The van der Waals surface area contributed by atoms with Crippen LogP contribution in [0, 0.1) is 0 Å². The first-order valence-electron chi connectivity index (χ1n) is 8.14. The van der Waals surface area contributed by atoms with Crippen LogP contribution in [0.25, 0.3) is 0 Å². The molecule has 1 aromatic rings. The number of rotatable bonds is 3. The summed E-state index contributed by atoms with van der Waals surface area (Å²) in [7, 11) is 0. The van der Waals surface area contributed by atoms with Crippen LogP contribution in [-0.2, 0) is 0 Å². The molecule has 1 saturated heterocycles. The Labute approximate surface area is 145 Å². The maximum absolute atomic E-state index is 12.4. The van der Waals surface area contributed by atoms with E-state index in [0.717, 1.165) is 19.4 Å². The van der Waals surface area contributed by atoms with Gasteiger partial charge in [0.1, 0.15) is 11.9 Å². The number of hydrogen-bond donors (Lipinski definition) is 3. The molecule has 2 aliphatic heterocycles. The number of piperazine rings is 1. The van der Waals surface area contributed by atoms with Crippen LogP contribution in [0.3, 0.4) is 0 Å². The van der Waals surface area contributed by atoms with Gasteiger partial charge < -0.3 is 20.9 Å². The number of amides is 4. The second kappa shape index (κ2) is 6.94. The average molecular weight is 343 g/mol. The first-order valence-corrected chi connectivity index (χ1v) is 8.14. The van der Waals surface area contributed by atoms with E-state index in [9.17, 15) is 14.4 Å². The molecule has 0 bridgehead atoms. The van der Waals surface area contributed by atoms with E-state index in [4.69, 9.17) is 0 Å². The van der Waals surface area contributed by atoms with Crippen LogP contribution < -0.4 is 20.9 Å². The summed E-state index contributed by atoms with van der Waals surface area (Å²) in [5.74, 6) is 0. The predicted molar refractivity (Wildman–Crippen MR) is 93.4 cm³/mol. The van der Waals surface area contributed by atoms with Gasteiger partial charge in [0.05, 0.1) is 5.69 Å². The smallest absolute Gasteiger partial charge is 0.322 e. The molecule has 8 nitrogen and oxygen atoms in total. The summed E-state index contributed by atoms with van der Waals surface area (Å²) in [6.45, 7) is 4.52. The molecular weight excluding hydrogens is 322 g/mol. The third-order valence-electron chi connectivity index (χ3n) is 4.22. The molecule has 25 heavy (non-hydrogen) atoms. The van der Waals surface area contributed by atoms with E-state index in [1.54, 1.807) is 48.4 Å². The molecular formula is C17H21N5O3. The van der Waals surface area contributed by atoms with Crippen LogP contribution in [0.5, 0.6) is 0 Å². The van der Waals surface area contributed by atoms with E-state index in [1.165, 1.54) is 4.90 Å². The van der Waals surface area contributed by atoms with Gasteiger partial charge in [-0.05, 0) is 37.3 Å². The van der Waals surface area contributed by atoms with E-state index >= 15 is 0 Å². The molecule has 4 amide bonds. The van der Waals surface area contributed by atoms with E-state index in [2.05, 4.69) is 16.0 Å². The molecule has 8 heteroatoms. The fraction of sp³-hybridized carbons (Fsp3) is 0.353. The number of nitrogens with one attached hydrogen (secondary N) is 3. The maximum atomic E-state index is 12.4. The molecule has 2 aliphatic rings. The number of anilines is 1. The third-order valence-corrected chi connectivity index (χ3v) is 4.22. The second-order valence-electron chi connectivity index (χ2n) is 6.19. The minimum atomic E-state index is -0.960. The Kier molecular flexibility index (Phi) is 4.71. The van der Waals surface area contributed by atoms with Crippen molar-refractivity contribution >= 4 is 24.0 Å². The lowest BCUT2D eigenvalue weighted by Gasteiger charge is -2.38. The first-order chi connectivity index (χ1) is 12.0. The largest absolute Gasteiger partial charge is 0.328 e. The Bertz CT molecular complexity index is 697. The molecule has 0 aliphatic carbocycles. The monoisotopic (exact) mass is 343 g/mol. The Hall–Kier alpha value is -2.87. The van der Waals surface area contributed by atoms with Crippen molar-refractivity contribution < 1.29 is 14.4 Å². The van der Waals surface area contributed by atoms with Crippen molar-refractivity contribution in [3.05, 3.63) is 42.1 Å². The molecule has 3 N–H and O–H groups in total. The number of benzene rings is 1.